The Bertz CT molecular complexity index is 1400. The van der Waals surface area contributed by atoms with Crippen LogP contribution < -0.4 is 4.90 Å². The summed E-state index contributed by atoms with van der Waals surface area (Å²) < 4.78 is 41.2. The number of aromatic amines is 2. The molecule has 13 heteroatoms. The summed E-state index contributed by atoms with van der Waals surface area (Å²) in [5.74, 6) is 0.350. The largest absolute Gasteiger partial charge is 0.375 e. The Labute approximate surface area is 215 Å². The number of aliphatic hydroxyl groups is 1. The number of amidine groups is 1. The number of H-pyrrole nitrogens is 2. The molecule has 4 aromatic rings. The highest BCUT2D eigenvalue weighted by molar-refractivity contribution is 6.01. The van der Waals surface area contributed by atoms with Gasteiger partial charge in [0.25, 0.3) is 6.43 Å². The number of hydrogen-bond donors (Lipinski definition) is 4. The highest BCUT2D eigenvalue weighted by Gasteiger charge is 2.42. The van der Waals surface area contributed by atoms with Crippen LogP contribution in [0.15, 0.2) is 66.3 Å². The molecule has 0 saturated carbocycles. The van der Waals surface area contributed by atoms with E-state index >= 15 is 0 Å². The van der Waals surface area contributed by atoms with Crippen LogP contribution in [0, 0.1) is 11.2 Å². The van der Waals surface area contributed by atoms with E-state index in [0.717, 1.165) is 47.4 Å². The van der Waals surface area contributed by atoms with Gasteiger partial charge in [0.05, 0.1) is 11.9 Å². The number of hydrogen-bond acceptors (Lipinski definition) is 6. The molecule has 1 aliphatic rings. The molecule has 10 nitrogen and oxygen atoms in total. The van der Waals surface area contributed by atoms with Crippen LogP contribution in [0.3, 0.4) is 0 Å². The van der Waals surface area contributed by atoms with E-state index in [1.54, 1.807) is 12.4 Å². The molecule has 1 aliphatic heterocycles. The predicted octanol–water partition coefficient (Wildman–Crippen LogP) is 3.01. The van der Waals surface area contributed by atoms with Crippen LogP contribution in [0.25, 0.3) is 11.1 Å². The lowest BCUT2D eigenvalue weighted by molar-refractivity contribution is -0.0722. The first-order valence-corrected chi connectivity index (χ1v) is 11.7. The molecule has 38 heavy (non-hydrogen) atoms. The molecule has 4 heterocycles. The topological polar surface area (TPSA) is 133 Å². The molecule has 1 aromatic carbocycles. The molecule has 0 amide bonds. The van der Waals surface area contributed by atoms with E-state index in [1.165, 1.54) is 12.4 Å². The Kier molecular flexibility index (Phi) is 6.92. The second kappa shape index (κ2) is 10.5. The fourth-order valence-electron chi connectivity index (χ4n) is 4.40. The minimum atomic E-state index is -3.18. The summed E-state index contributed by atoms with van der Waals surface area (Å²) in [6.45, 7) is 2.13. The second-order valence-corrected chi connectivity index (χ2v) is 8.69. The van der Waals surface area contributed by atoms with Crippen LogP contribution in [0.5, 0.6) is 0 Å². The van der Waals surface area contributed by atoms with Crippen molar-refractivity contribution in [2.24, 2.45) is 4.99 Å². The third-order valence-corrected chi connectivity index (χ3v) is 6.48. The van der Waals surface area contributed by atoms with Gasteiger partial charge in [0.2, 0.25) is 5.95 Å². The molecule has 196 valence electrons. The lowest BCUT2D eigenvalue weighted by atomic mass is 9.88. The quantitative estimate of drug-likeness (QED) is 0.217. The van der Waals surface area contributed by atoms with Crippen LogP contribution in [-0.2, 0) is 5.60 Å². The molecule has 1 atom stereocenters. The zero-order chi connectivity index (χ0) is 26.7. The van der Waals surface area contributed by atoms with Crippen LogP contribution in [0.1, 0.15) is 16.8 Å². The number of anilines is 1. The third-order valence-electron chi connectivity index (χ3n) is 6.48. The van der Waals surface area contributed by atoms with Gasteiger partial charge in [-0.05, 0) is 23.8 Å². The zero-order valence-electron chi connectivity index (χ0n) is 20.0. The van der Waals surface area contributed by atoms with Crippen molar-refractivity contribution in [2.45, 2.75) is 12.0 Å². The van der Waals surface area contributed by atoms with Gasteiger partial charge >= 0.3 is 0 Å². The number of rotatable bonds is 7. The summed E-state index contributed by atoms with van der Waals surface area (Å²) in [6, 6.07) is 6.19. The smallest absolute Gasteiger partial charge is 0.275 e. The summed E-state index contributed by atoms with van der Waals surface area (Å²) in [5.41, 5.74) is -0.410. The lowest BCUT2D eigenvalue weighted by Gasteiger charge is -2.36. The van der Waals surface area contributed by atoms with Crippen molar-refractivity contribution in [1.82, 2.24) is 30.0 Å². The van der Waals surface area contributed by atoms with Gasteiger partial charge < -0.3 is 19.9 Å². The fraction of sp³-hybridized carbons (Fsp3) is 0.240. The molecule has 4 N–H and O–H groups in total. The van der Waals surface area contributed by atoms with Gasteiger partial charge in [0, 0.05) is 67.7 Å². The van der Waals surface area contributed by atoms with E-state index in [9.17, 15) is 18.3 Å². The molecular formula is C25H24F3N9O. The van der Waals surface area contributed by atoms with Crippen LogP contribution in [-0.4, -0.2) is 79.9 Å². The second-order valence-electron chi connectivity index (χ2n) is 8.69. The first-order chi connectivity index (χ1) is 18.4. The van der Waals surface area contributed by atoms with Crippen molar-refractivity contribution < 1.29 is 18.3 Å². The highest BCUT2D eigenvalue weighted by atomic mass is 19.3. The number of alkyl halides is 2. The molecule has 0 bridgehead atoms. The number of aliphatic imine (C=N–C) groups is 1. The van der Waals surface area contributed by atoms with Gasteiger partial charge in [-0.2, -0.15) is 5.10 Å². The Morgan fingerprint density at radius 2 is 1.74 bits per heavy atom. The molecule has 1 saturated heterocycles. The van der Waals surface area contributed by atoms with Gasteiger partial charge in [0.1, 0.15) is 12.2 Å². The summed E-state index contributed by atoms with van der Waals surface area (Å²) in [7, 11) is 0. The molecular weight excluding hydrogens is 499 g/mol. The summed E-state index contributed by atoms with van der Waals surface area (Å²) in [4.78, 5) is 19.9. The maximum atomic E-state index is 14.0. The number of nitrogens with zero attached hydrogens (tertiary/aromatic N) is 6. The molecule has 0 unspecified atom stereocenters. The van der Waals surface area contributed by atoms with Crippen molar-refractivity contribution in [3.8, 4) is 11.1 Å². The van der Waals surface area contributed by atoms with E-state index in [-0.39, 0.29) is 11.1 Å². The predicted molar refractivity (Wildman–Crippen MR) is 135 cm³/mol. The molecule has 0 radical (unpaired) electrons. The van der Waals surface area contributed by atoms with Gasteiger partial charge in [-0.25, -0.2) is 28.1 Å². The van der Waals surface area contributed by atoms with Crippen LogP contribution >= 0.6 is 0 Å². The Morgan fingerprint density at radius 1 is 1.03 bits per heavy atom. The van der Waals surface area contributed by atoms with E-state index in [2.05, 4.69) is 30.1 Å². The maximum absolute atomic E-state index is 14.0. The summed E-state index contributed by atoms with van der Waals surface area (Å²) in [5, 5.41) is 25.1. The van der Waals surface area contributed by atoms with E-state index in [4.69, 9.17) is 5.41 Å². The van der Waals surface area contributed by atoms with Gasteiger partial charge in [-0.15, -0.1) is 0 Å². The van der Waals surface area contributed by atoms with Crippen molar-refractivity contribution in [3.63, 3.8) is 0 Å². The number of halogens is 3. The first kappa shape index (κ1) is 25.1. The summed E-state index contributed by atoms with van der Waals surface area (Å²) in [6.07, 6.45) is 5.49. The standard InChI is InChI=1S/C25H24F3N9O/c26-20-3-1-18(2-4-20)25(38,23(27)28)19-13-31-24(32-14-19)37-7-5-36(6-8-37)22(33-15-29)21-9-16(10-30-21)17-11-34-35-12-17/h1-4,9-15,23,29-30,38H,5-8H2,(H,34,35)/b29-15?,33-22+/t25-/m0/s1. The number of piperazine rings is 1. The van der Waals surface area contributed by atoms with Crippen molar-refractivity contribution >= 4 is 18.1 Å². The SMILES string of the molecule is N=C/N=C(\c1cc(-c2cn[nH]c2)c[nH]1)N1CCN(c2ncc([C@@](O)(c3ccc(F)cc3)C(F)F)cn2)CC1. The van der Waals surface area contributed by atoms with E-state index < -0.39 is 17.8 Å². The molecule has 1 fully saturated rings. The normalized spacial score (nSPS) is 16.1. The minimum Gasteiger partial charge on any atom is -0.375 e. The maximum Gasteiger partial charge on any atom is 0.275 e. The van der Waals surface area contributed by atoms with Crippen LogP contribution in [0.4, 0.5) is 19.1 Å². The van der Waals surface area contributed by atoms with E-state index in [1.807, 2.05) is 22.1 Å². The number of benzene rings is 1. The van der Waals surface area contributed by atoms with Crippen molar-refractivity contribution in [2.75, 3.05) is 31.1 Å². The molecule has 5 rings (SSSR count). The fourth-order valence-corrected chi connectivity index (χ4v) is 4.40. The average Bonchev–Trinajstić information content (AvgIpc) is 3.65. The van der Waals surface area contributed by atoms with Crippen LogP contribution in [0.2, 0.25) is 0 Å². The molecule has 3 aromatic heterocycles. The zero-order valence-corrected chi connectivity index (χ0v) is 20.0. The number of aromatic nitrogens is 5. The van der Waals surface area contributed by atoms with E-state index in [0.29, 0.717) is 38.0 Å². The third kappa shape index (κ3) is 4.75. The summed E-state index contributed by atoms with van der Waals surface area (Å²) >= 11 is 0. The molecule has 0 aliphatic carbocycles. The van der Waals surface area contributed by atoms with Gasteiger partial charge in [-0.3, -0.25) is 10.5 Å². The minimum absolute atomic E-state index is 0.155. The highest BCUT2D eigenvalue weighted by Crippen LogP contribution is 2.35. The Balaban J connectivity index is 1.29. The molecule has 0 spiro atoms. The number of nitrogens with one attached hydrogen (secondary N) is 3. The Hall–Kier alpha value is -4.52. The van der Waals surface area contributed by atoms with Gasteiger partial charge in [0.15, 0.2) is 11.4 Å². The first-order valence-electron chi connectivity index (χ1n) is 11.7. The lowest BCUT2D eigenvalue weighted by Crippen LogP contribution is -2.49. The van der Waals surface area contributed by atoms with Gasteiger partial charge in [-0.1, -0.05) is 12.1 Å². The average molecular weight is 524 g/mol. The Morgan fingerprint density at radius 3 is 2.34 bits per heavy atom. The van der Waals surface area contributed by atoms with Crippen molar-refractivity contribution in [3.05, 3.63) is 84.0 Å². The monoisotopic (exact) mass is 523 g/mol. The van der Waals surface area contributed by atoms with Crippen molar-refractivity contribution in [1.29, 1.82) is 5.41 Å².